The summed E-state index contributed by atoms with van der Waals surface area (Å²) < 4.78 is 0. The van der Waals surface area contributed by atoms with Crippen LogP contribution in [0.5, 0.6) is 0 Å². The van der Waals surface area contributed by atoms with Gasteiger partial charge in [0.25, 0.3) is 0 Å². The number of rotatable bonds is 5. The lowest BCUT2D eigenvalue weighted by atomic mass is 9.96. The van der Waals surface area contributed by atoms with Crippen molar-refractivity contribution in [1.29, 1.82) is 5.26 Å². The van der Waals surface area contributed by atoms with Gasteiger partial charge >= 0.3 is 0 Å². The van der Waals surface area contributed by atoms with Crippen LogP contribution in [0.4, 0.5) is 5.69 Å². The lowest BCUT2D eigenvalue weighted by molar-refractivity contribution is 0.529. The number of nitriles is 1. The summed E-state index contributed by atoms with van der Waals surface area (Å²) in [7, 11) is 0. The van der Waals surface area contributed by atoms with E-state index in [9.17, 15) is 0 Å². The highest BCUT2D eigenvalue weighted by Gasteiger charge is 2.15. The Morgan fingerprint density at radius 3 is 2.38 bits per heavy atom. The van der Waals surface area contributed by atoms with E-state index in [2.05, 4.69) is 42.6 Å². The van der Waals surface area contributed by atoms with E-state index in [0.717, 1.165) is 12.1 Å². The van der Waals surface area contributed by atoms with Gasteiger partial charge in [-0.25, -0.2) is 0 Å². The normalized spacial score (nSPS) is 10.9. The smallest absolute Gasteiger partial charge is 0.0702 e. The summed E-state index contributed by atoms with van der Waals surface area (Å²) >= 11 is 0. The molecular weight excluding hydrogens is 196 g/mol. The Kier molecular flexibility index (Phi) is 4.37. The molecule has 2 heteroatoms. The fourth-order valence-corrected chi connectivity index (χ4v) is 1.44. The fraction of sp³-hybridized carbons (Fsp3) is 0.500. The van der Waals surface area contributed by atoms with Gasteiger partial charge in [0.1, 0.15) is 0 Å². The number of aryl methyl sites for hydroxylation is 1. The number of nitrogens with one attached hydrogen (secondary N) is 1. The molecule has 0 unspecified atom stereocenters. The van der Waals surface area contributed by atoms with Crippen molar-refractivity contribution >= 4 is 5.69 Å². The maximum Gasteiger partial charge on any atom is 0.0702 e. The quantitative estimate of drug-likeness (QED) is 0.816. The van der Waals surface area contributed by atoms with Crippen molar-refractivity contribution < 1.29 is 0 Å². The molecule has 1 N–H and O–H groups in total. The van der Waals surface area contributed by atoms with Crippen molar-refractivity contribution in [3.63, 3.8) is 0 Å². The van der Waals surface area contributed by atoms with Gasteiger partial charge in [-0.1, -0.05) is 25.5 Å². The Morgan fingerprint density at radius 2 is 1.88 bits per heavy atom. The highest BCUT2D eigenvalue weighted by Crippen LogP contribution is 2.16. The van der Waals surface area contributed by atoms with Gasteiger partial charge in [-0.2, -0.15) is 5.26 Å². The summed E-state index contributed by atoms with van der Waals surface area (Å²) in [4.78, 5) is 0. The Morgan fingerprint density at radius 1 is 1.25 bits per heavy atom. The second-order valence-corrected chi connectivity index (χ2v) is 4.80. The van der Waals surface area contributed by atoms with Crippen molar-refractivity contribution in [2.24, 2.45) is 5.41 Å². The standard InChI is InChI=1S/C14H20N2/c1-4-5-12-6-8-13(9-7-12)16-11-14(2,3)10-15/h6-9,16H,4-5,11H2,1-3H3. The van der Waals surface area contributed by atoms with Gasteiger partial charge in [0.2, 0.25) is 0 Å². The van der Waals surface area contributed by atoms with E-state index in [1.165, 1.54) is 12.0 Å². The Hall–Kier alpha value is -1.49. The minimum Gasteiger partial charge on any atom is -0.383 e. The molecule has 0 amide bonds. The van der Waals surface area contributed by atoms with Gasteiger partial charge in [-0.3, -0.25) is 0 Å². The minimum absolute atomic E-state index is 0.317. The van der Waals surface area contributed by atoms with Crippen LogP contribution >= 0.6 is 0 Å². The number of hydrogen-bond acceptors (Lipinski definition) is 2. The first-order valence-corrected chi connectivity index (χ1v) is 5.81. The first-order chi connectivity index (χ1) is 7.57. The molecule has 0 spiro atoms. The van der Waals surface area contributed by atoms with Crippen LogP contribution in [0.15, 0.2) is 24.3 Å². The van der Waals surface area contributed by atoms with E-state index in [4.69, 9.17) is 5.26 Å². The number of anilines is 1. The second-order valence-electron chi connectivity index (χ2n) is 4.80. The molecule has 1 aromatic carbocycles. The molecule has 86 valence electrons. The van der Waals surface area contributed by atoms with E-state index in [0.29, 0.717) is 6.54 Å². The van der Waals surface area contributed by atoms with Crippen LogP contribution < -0.4 is 5.32 Å². The molecular formula is C14H20N2. The lowest BCUT2D eigenvalue weighted by Crippen LogP contribution is -2.20. The molecule has 16 heavy (non-hydrogen) atoms. The molecule has 0 saturated carbocycles. The van der Waals surface area contributed by atoms with E-state index < -0.39 is 0 Å². The third-order valence-electron chi connectivity index (χ3n) is 2.53. The first-order valence-electron chi connectivity index (χ1n) is 5.81. The number of nitrogens with zero attached hydrogens (tertiary/aromatic N) is 1. The zero-order chi connectivity index (χ0) is 12.0. The van der Waals surface area contributed by atoms with E-state index in [1.807, 2.05) is 13.8 Å². The molecule has 2 nitrogen and oxygen atoms in total. The van der Waals surface area contributed by atoms with Crippen LogP contribution in [0.25, 0.3) is 0 Å². The van der Waals surface area contributed by atoms with Crippen LogP contribution in [0, 0.1) is 16.7 Å². The van der Waals surface area contributed by atoms with Crippen LogP contribution in [0.1, 0.15) is 32.8 Å². The maximum absolute atomic E-state index is 8.90. The van der Waals surface area contributed by atoms with Crippen molar-refractivity contribution in [3.8, 4) is 6.07 Å². The minimum atomic E-state index is -0.317. The predicted octanol–water partition coefficient (Wildman–Crippen LogP) is 3.60. The van der Waals surface area contributed by atoms with Gasteiger partial charge < -0.3 is 5.32 Å². The van der Waals surface area contributed by atoms with Crippen LogP contribution in [0.3, 0.4) is 0 Å². The largest absolute Gasteiger partial charge is 0.383 e. The zero-order valence-corrected chi connectivity index (χ0v) is 10.4. The van der Waals surface area contributed by atoms with Gasteiger partial charge in [-0.05, 0) is 38.0 Å². The highest BCUT2D eigenvalue weighted by molar-refractivity contribution is 5.45. The molecule has 0 fully saturated rings. The van der Waals surface area contributed by atoms with Crippen LogP contribution in [-0.4, -0.2) is 6.54 Å². The first kappa shape index (κ1) is 12.6. The van der Waals surface area contributed by atoms with E-state index in [1.54, 1.807) is 0 Å². The van der Waals surface area contributed by atoms with Crippen molar-refractivity contribution in [2.45, 2.75) is 33.6 Å². The zero-order valence-electron chi connectivity index (χ0n) is 10.4. The van der Waals surface area contributed by atoms with Gasteiger partial charge in [0.15, 0.2) is 0 Å². The fourth-order valence-electron chi connectivity index (χ4n) is 1.44. The molecule has 1 aromatic rings. The summed E-state index contributed by atoms with van der Waals surface area (Å²) in [5.41, 5.74) is 2.14. The SMILES string of the molecule is CCCc1ccc(NCC(C)(C)C#N)cc1. The Balaban J connectivity index is 2.53. The van der Waals surface area contributed by atoms with Gasteiger partial charge in [0.05, 0.1) is 11.5 Å². The monoisotopic (exact) mass is 216 g/mol. The molecule has 0 heterocycles. The molecule has 0 radical (unpaired) electrons. The van der Waals surface area contributed by atoms with E-state index in [-0.39, 0.29) is 5.41 Å². The lowest BCUT2D eigenvalue weighted by Gasteiger charge is -2.16. The Labute approximate surface area is 98.3 Å². The van der Waals surface area contributed by atoms with Crippen LogP contribution in [-0.2, 0) is 6.42 Å². The molecule has 0 aliphatic carbocycles. The average Bonchev–Trinajstić information content (AvgIpc) is 2.29. The summed E-state index contributed by atoms with van der Waals surface area (Å²) in [5, 5.41) is 12.2. The molecule has 0 aliphatic rings. The molecule has 0 saturated heterocycles. The molecule has 0 atom stereocenters. The van der Waals surface area contributed by atoms with Gasteiger partial charge in [0, 0.05) is 12.2 Å². The Bertz CT molecular complexity index is 357. The summed E-state index contributed by atoms with van der Waals surface area (Å²) in [6.07, 6.45) is 2.30. The topological polar surface area (TPSA) is 35.8 Å². The average molecular weight is 216 g/mol. The maximum atomic E-state index is 8.90. The molecule has 1 rings (SSSR count). The second kappa shape index (κ2) is 5.55. The molecule has 0 bridgehead atoms. The third kappa shape index (κ3) is 3.94. The number of hydrogen-bond donors (Lipinski definition) is 1. The molecule has 0 aliphatic heterocycles. The van der Waals surface area contributed by atoms with Crippen molar-refractivity contribution in [1.82, 2.24) is 0 Å². The van der Waals surface area contributed by atoms with E-state index >= 15 is 0 Å². The summed E-state index contributed by atoms with van der Waals surface area (Å²) in [6.45, 7) is 6.73. The molecule has 0 aromatic heterocycles. The number of benzene rings is 1. The van der Waals surface area contributed by atoms with Crippen molar-refractivity contribution in [2.75, 3.05) is 11.9 Å². The summed E-state index contributed by atoms with van der Waals surface area (Å²) in [6, 6.07) is 10.7. The summed E-state index contributed by atoms with van der Waals surface area (Å²) in [5.74, 6) is 0. The predicted molar refractivity (Wildman–Crippen MR) is 68.3 cm³/mol. The highest BCUT2D eigenvalue weighted by atomic mass is 14.9. The van der Waals surface area contributed by atoms with Gasteiger partial charge in [-0.15, -0.1) is 0 Å². The third-order valence-corrected chi connectivity index (χ3v) is 2.53. The van der Waals surface area contributed by atoms with Crippen LogP contribution in [0.2, 0.25) is 0 Å². The van der Waals surface area contributed by atoms with Crippen molar-refractivity contribution in [3.05, 3.63) is 29.8 Å².